The highest BCUT2D eigenvalue weighted by atomic mass is 32.2. The molecule has 1 heterocycles. The van der Waals surface area contributed by atoms with E-state index in [1.54, 1.807) is 18.2 Å². The lowest BCUT2D eigenvalue weighted by Gasteiger charge is -2.30. The molecule has 2 aromatic rings. The number of carbonyl (C=O) groups is 1. The number of sulfonamides is 1. The Hall–Kier alpha value is -2.55. The molecule has 126 valence electrons. The van der Waals surface area contributed by atoms with Gasteiger partial charge in [0.2, 0.25) is 5.91 Å². The summed E-state index contributed by atoms with van der Waals surface area (Å²) >= 11 is 0. The molecule has 0 saturated heterocycles. The number of hydrogen-bond acceptors (Lipinski definition) is 3. The fraction of sp³-hybridized carbons (Fsp3) is 0.133. The largest absolute Gasteiger partial charge is 0.416 e. The van der Waals surface area contributed by atoms with E-state index in [-0.39, 0.29) is 10.6 Å². The number of anilines is 2. The summed E-state index contributed by atoms with van der Waals surface area (Å²) in [6, 6.07) is 9.45. The Morgan fingerprint density at radius 3 is 2.25 bits per heavy atom. The smallest absolute Gasteiger partial charge is 0.323 e. The zero-order chi connectivity index (χ0) is 17.5. The molecule has 0 fully saturated rings. The van der Waals surface area contributed by atoms with Crippen LogP contribution in [0.1, 0.15) is 5.56 Å². The van der Waals surface area contributed by atoms with E-state index >= 15 is 0 Å². The van der Waals surface area contributed by atoms with Crippen LogP contribution in [-0.2, 0) is 21.0 Å². The molecule has 9 heteroatoms. The number of para-hydroxylation sites is 2. The predicted octanol–water partition coefficient (Wildman–Crippen LogP) is 2.85. The monoisotopic (exact) mass is 356 g/mol. The highest BCUT2D eigenvalue weighted by molar-refractivity contribution is 7.92. The first kappa shape index (κ1) is 16.3. The Bertz CT molecular complexity index is 893. The van der Waals surface area contributed by atoms with Crippen molar-refractivity contribution in [3.8, 4) is 0 Å². The Morgan fingerprint density at radius 2 is 1.62 bits per heavy atom. The van der Waals surface area contributed by atoms with E-state index < -0.39 is 34.2 Å². The molecule has 1 N–H and O–H groups in total. The highest BCUT2D eigenvalue weighted by Gasteiger charge is 2.34. The molecule has 1 amide bonds. The third-order valence-electron chi connectivity index (χ3n) is 3.50. The average Bonchev–Trinajstić information content (AvgIpc) is 2.53. The van der Waals surface area contributed by atoms with Gasteiger partial charge in [-0.3, -0.25) is 9.10 Å². The quantitative estimate of drug-likeness (QED) is 0.900. The Morgan fingerprint density at radius 1 is 1.00 bits per heavy atom. The minimum Gasteiger partial charge on any atom is -0.323 e. The van der Waals surface area contributed by atoms with Crippen molar-refractivity contribution in [1.29, 1.82) is 0 Å². The van der Waals surface area contributed by atoms with Crippen LogP contribution in [0.15, 0.2) is 53.4 Å². The summed E-state index contributed by atoms with van der Waals surface area (Å²) in [6.07, 6.45) is -4.56. The van der Waals surface area contributed by atoms with Gasteiger partial charge in [0, 0.05) is 0 Å². The van der Waals surface area contributed by atoms with Gasteiger partial charge >= 0.3 is 6.18 Å². The van der Waals surface area contributed by atoms with Crippen LogP contribution < -0.4 is 9.62 Å². The number of nitrogens with zero attached hydrogens (tertiary/aromatic N) is 1. The molecule has 0 saturated carbocycles. The summed E-state index contributed by atoms with van der Waals surface area (Å²) in [5, 5.41) is 2.55. The molecule has 2 aromatic carbocycles. The first-order valence-electron chi connectivity index (χ1n) is 6.78. The summed E-state index contributed by atoms with van der Waals surface area (Å²) in [5.74, 6) is -0.524. The number of alkyl halides is 3. The van der Waals surface area contributed by atoms with Gasteiger partial charge in [-0.05, 0) is 36.4 Å². The molecule has 0 unspecified atom stereocenters. The molecule has 0 atom stereocenters. The minimum absolute atomic E-state index is 0.261. The first-order valence-corrected chi connectivity index (χ1v) is 8.22. The van der Waals surface area contributed by atoms with Gasteiger partial charge in [0.05, 0.1) is 21.8 Å². The SMILES string of the molecule is O=C1CN(S(=O)(=O)c2ccc(C(F)(F)F)cc2)c2ccccc2N1. The number of carbonyl (C=O) groups excluding carboxylic acids is 1. The number of amides is 1. The molecule has 1 aliphatic rings. The topological polar surface area (TPSA) is 66.5 Å². The van der Waals surface area contributed by atoms with Crippen LogP contribution in [0.3, 0.4) is 0 Å². The van der Waals surface area contributed by atoms with Crippen molar-refractivity contribution in [2.24, 2.45) is 0 Å². The predicted molar refractivity (Wildman–Crippen MR) is 81.0 cm³/mol. The van der Waals surface area contributed by atoms with E-state index in [4.69, 9.17) is 0 Å². The molecule has 3 rings (SSSR count). The van der Waals surface area contributed by atoms with E-state index in [0.29, 0.717) is 17.8 Å². The van der Waals surface area contributed by atoms with Gasteiger partial charge in [0.15, 0.2) is 0 Å². The van der Waals surface area contributed by atoms with Gasteiger partial charge in [-0.25, -0.2) is 8.42 Å². The summed E-state index contributed by atoms with van der Waals surface area (Å²) in [7, 11) is -4.17. The number of benzene rings is 2. The minimum atomic E-state index is -4.56. The van der Waals surface area contributed by atoms with Crippen molar-refractivity contribution >= 4 is 27.3 Å². The second-order valence-electron chi connectivity index (χ2n) is 5.10. The lowest BCUT2D eigenvalue weighted by Crippen LogP contribution is -2.42. The maximum Gasteiger partial charge on any atom is 0.416 e. The standard InChI is InChI=1S/C15H11F3N2O3S/c16-15(17,18)10-5-7-11(8-6-10)24(22,23)20-9-14(21)19-12-3-1-2-4-13(12)20/h1-8H,9H2,(H,19,21). The number of halogens is 3. The molecular formula is C15H11F3N2O3S. The molecule has 0 aromatic heterocycles. The van der Waals surface area contributed by atoms with Crippen LogP contribution in [0.2, 0.25) is 0 Å². The van der Waals surface area contributed by atoms with Crippen molar-refractivity contribution in [3.63, 3.8) is 0 Å². The Kier molecular flexibility index (Phi) is 3.75. The van der Waals surface area contributed by atoms with Crippen molar-refractivity contribution in [3.05, 3.63) is 54.1 Å². The fourth-order valence-electron chi connectivity index (χ4n) is 2.36. The third-order valence-corrected chi connectivity index (χ3v) is 5.28. The van der Waals surface area contributed by atoms with Crippen LogP contribution >= 0.6 is 0 Å². The molecule has 5 nitrogen and oxygen atoms in total. The average molecular weight is 356 g/mol. The van der Waals surface area contributed by atoms with Crippen molar-refractivity contribution in [2.75, 3.05) is 16.2 Å². The number of rotatable bonds is 2. The number of hydrogen-bond donors (Lipinski definition) is 1. The molecule has 24 heavy (non-hydrogen) atoms. The van der Waals surface area contributed by atoms with Crippen molar-refractivity contribution < 1.29 is 26.4 Å². The van der Waals surface area contributed by atoms with Crippen LogP contribution in [0.25, 0.3) is 0 Å². The zero-order valence-electron chi connectivity index (χ0n) is 12.0. The Balaban J connectivity index is 2.04. The summed E-state index contributed by atoms with van der Waals surface area (Å²) < 4.78 is 64.1. The second-order valence-corrected chi connectivity index (χ2v) is 6.96. The van der Waals surface area contributed by atoms with Gasteiger partial charge in [-0.1, -0.05) is 12.1 Å². The lowest BCUT2D eigenvalue weighted by atomic mass is 10.2. The van der Waals surface area contributed by atoms with E-state index in [1.807, 2.05) is 0 Å². The van der Waals surface area contributed by atoms with Crippen molar-refractivity contribution in [1.82, 2.24) is 0 Å². The van der Waals surface area contributed by atoms with E-state index in [0.717, 1.165) is 16.4 Å². The lowest BCUT2D eigenvalue weighted by molar-refractivity contribution is -0.137. The molecule has 0 spiro atoms. The number of nitrogens with one attached hydrogen (secondary N) is 1. The third kappa shape index (κ3) is 2.82. The normalized spacial score (nSPS) is 15.0. The van der Waals surface area contributed by atoms with Gasteiger partial charge in [-0.15, -0.1) is 0 Å². The summed E-state index contributed by atoms with van der Waals surface area (Å²) in [6.45, 7) is -0.444. The summed E-state index contributed by atoms with van der Waals surface area (Å²) in [4.78, 5) is 11.4. The van der Waals surface area contributed by atoms with Gasteiger partial charge in [0.25, 0.3) is 10.0 Å². The molecule has 0 bridgehead atoms. The number of fused-ring (bicyclic) bond motifs is 1. The van der Waals surface area contributed by atoms with Gasteiger partial charge < -0.3 is 5.32 Å². The van der Waals surface area contributed by atoms with Crippen LogP contribution in [0.5, 0.6) is 0 Å². The fourth-order valence-corrected chi connectivity index (χ4v) is 3.80. The zero-order valence-corrected chi connectivity index (χ0v) is 12.9. The van der Waals surface area contributed by atoms with E-state index in [1.165, 1.54) is 6.07 Å². The van der Waals surface area contributed by atoms with Gasteiger partial charge in [0.1, 0.15) is 6.54 Å². The van der Waals surface area contributed by atoms with E-state index in [9.17, 15) is 26.4 Å². The molecule has 0 radical (unpaired) electrons. The summed E-state index contributed by atoms with van der Waals surface area (Å²) in [5.41, 5.74) is -0.362. The highest BCUT2D eigenvalue weighted by Crippen LogP contribution is 2.34. The molecule has 0 aliphatic carbocycles. The van der Waals surface area contributed by atoms with Crippen molar-refractivity contribution in [2.45, 2.75) is 11.1 Å². The molecular weight excluding hydrogens is 345 g/mol. The van der Waals surface area contributed by atoms with E-state index in [2.05, 4.69) is 5.32 Å². The van der Waals surface area contributed by atoms with Crippen LogP contribution in [0.4, 0.5) is 24.5 Å². The maximum absolute atomic E-state index is 12.7. The maximum atomic E-state index is 12.7. The van der Waals surface area contributed by atoms with Crippen LogP contribution in [0, 0.1) is 0 Å². The Labute approximate surface area is 135 Å². The second kappa shape index (κ2) is 5.52. The first-order chi connectivity index (χ1) is 11.2. The molecule has 1 aliphatic heterocycles. The van der Waals surface area contributed by atoms with Crippen LogP contribution in [-0.4, -0.2) is 20.9 Å². The van der Waals surface area contributed by atoms with Gasteiger partial charge in [-0.2, -0.15) is 13.2 Å².